The first-order valence-electron chi connectivity index (χ1n) is 7.03. The van der Waals surface area contributed by atoms with E-state index in [4.69, 9.17) is 9.16 Å². The minimum absolute atomic E-state index is 0.00549. The maximum absolute atomic E-state index is 6.56. The van der Waals surface area contributed by atoms with Gasteiger partial charge in [0.05, 0.1) is 12.7 Å². The third-order valence-electron chi connectivity index (χ3n) is 4.50. The Kier molecular flexibility index (Phi) is 4.39. The van der Waals surface area contributed by atoms with Crippen molar-refractivity contribution in [2.24, 2.45) is 5.41 Å². The van der Waals surface area contributed by atoms with E-state index in [1.165, 1.54) is 0 Å². The van der Waals surface area contributed by atoms with Gasteiger partial charge in [-0.15, -0.1) is 0 Å². The van der Waals surface area contributed by atoms with Crippen LogP contribution >= 0.6 is 0 Å². The summed E-state index contributed by atoms with van der Waals surface area (Å²) in [5.41, 5.74) is 0.00549. The molecule has 0 aromatic heterocycles. The minimum atomic E-state index is -1.70. The molecule has 2 nitrogen and oxygen atoms in total. The molecule has 106 valence electrons. The molecule has 0 amide bonds. The molecule has 3 heteroatoms. The standard InChI is InChI=1S/C15H30O2Si/c1-9-16-12-10-11-13(15(12,5)6)17-18(7,8)14(2,3)4/h10,13H,9,11H2,1-8H3/t13-/m0/s1. The van der Waals surface area contributed by atoms with Crippen molar-refractivity contribution in [3.63, 3.8) is 0 Å². The Morgan fingerprint density at radius 2 is 1.89 bits per heavy atom. The molecule has 0 aliphatic heterocycles. The Balaban J connectivity index is 2.78. The van der Waals surface area contributed by atoms with Crippen LogP contribution in [0.2, 0.25) is 18.1 Å². The Hall–Kier alpha value is -0.283. The van der Waals surface area contributed by atoms with E-state index in [2.05, 4.69) is 53.8 Å². The number of ether oxygens (including phenoxy) is 1. The summed E-state index contributed by atoms with van der Waals surface area (Å²) in [6, 6.07) is 0. The summed E-state index contributed by atoms with van der Waals surface area (Å²) in [6.45, 7) is 18.8. The summed E-state index contributed by atoms with van der Waals surface area (Å²) < 4.78 is 12.3. The van der Waals surface area contributed by atoms with E-state index in [1.807, 2.05) is 6.92 Å². The zero-order chi connectivity index (χ0) is 14.2. The van der Waals surface area contributed by atoms with Crippen LogP contribution in [0, 0.1) is 5.41 Å². The van der Waals surface area contributed by atoms with Crippen LogP contribution in [-0.2, 0) is 9.16 Å². The van der Waals surface area contributed by atoms with Crippen molar-refractivity contribution in [3.05, 3.63) is 11.8 Å². The normalized spacial score (nSPS) is 24.0. The molecular weight excluding hydrogens is 240 g/mol. The predicted octanol–water partition coefficient (Wildman–Crippen LogP) is 4.73. The van der Waals surface area contributed by atoms with Crippen molar-refractivity contribution in [1.29, 1.82) is 0 Å². The van der Waals surface area contributed by atoms with Gasteiger partial charge in [0.2, 0.25) is 0 Å². The first-order valence-corrected chi connectivity index (χ1v) is 9.94. The zero-order valence-electron chi connectivity index (χ0n) is 13.4. The molecule has 0 N–H and O–H groups in total. The van der Waals surface area contributed by atoms with Crippen molar-refractivity contribution in [1.82, 2.24) is 0 Å². The van der Waals surface area contributed by atoms with Crippen molar-refractivity contribution in [2.75, 3.05) is 6.61 Å². The molecule has 0 spiro atoms. The fourth-order valence-electron chi connectivity index (χ4n) is 2.06. The van der Waals surface area contributed by atoms with Crippen LogP contribution in [0.4, 0.5) is 0 Å². The summed E-state index contributed by atoms with van der Waals surface area (Å²) in [5.74, 6) is 1.11. The maximum atomic E-state index is 6.56. The molecular formula is C15H30O2Si. The lowest BCUT2D eigenvalue weighted by atomic mass is 9.89. The second-order valence-electron chi connectivity index (χ2n) is 7.33. The van der Waals surface area contributed by atoms with Crippen molar-refractivity contribution >= 4 is 8.32 Å². The van der Waals surface area contributed by atoms with Gasteiger partial charge in [-0.05, 0) is 37.6 Å². The van der Waals surface area contributed by atoms with Gasteiger partial charge in [0.15, 0.2) is 8.32 Å². The zero-order valence-corrected chi connectivity index (χ0v) is 14.4. The molecule has 1 aliphatic rings. The number of hydrogen-bond donors (Lipinski definition) is 0. The van der Waals surface area contributed by atoms with Crippen LogP contribution in [0.15, 0.2) is 11.8 Å². The highest BCUT2D eigenvalue weighted by molar-refractivity contribution is 6.74. The van der Waals surface area contributed by atoms with Gasteiger partial charge in [-0.25, -0.2) is 0 Å². The summed E-state index contributed by atoms with van der Waals surface area (Å²) in [6.07, 6.45) is 3.45. The first-order chi connectivity index (χ1) is 8.02. The first kappa shape index (κ1) is 15.8. The van der Waals surface area contributed by atoms with Gasteiger partial charge in [0, 0.05) is 5.41 Å². The number of hydrogen-bond acceptors (Lipinski definition) is 2. The Morgan fingerprint density at radius 3 is 2.33 bits per heavy atom. The van der Waals surface area contributed by atoms with Crippen LogP contribution in [0.25, 0.3) is 0 Å². The van der Waals surface area contributed by atoms with Crippen molar-refractivity contribution in [2.45, 2.75) is 72.2 Å². The second kappa shape index (κ2) is 5.01. The van der Waals surface area contributed by atoms with E-state index in [9.17, 15) is 0 Å². The smallest absolute Gasteiger partial charge is 0.192 e. The van der Waals surface area contributed by atoms with Crippen LogP contribution < -0.4 is 0 Å². The molecule has 0 bridgehead atoms. The summed E-state index contributed by atoms with van der Waals surface area (Å²) in [7, 11) is -1.70. The molecule has 0 aromatic carbocycles. The second-order valence-corrected chi connectivity index (χ2v) is 12.1. The topological polar surface area (TPSA) is 18.5 Å². The Labute approximate surface area is 114 Å². The largest absolute Gasteiger partial charge is 0.498 e. The maximum Gasteiger partial charge on any atom is 0.192 e. The van der Waals surface area contributed by atoms with E-state index in [0.717, 1.165) is 18.8 Å². The van der Waals surface area contributed by atoms with E-state index in [0.29, 0.717) is 0 Å². The summed E-state index contributed by atoms with van der Waals surface area (Å²) in [4.78, 5) is 0. The average Bonchev–Trinajstić information content (AvgIpc) is 2.43. The lowest BCUT2D eigenvalue weighted by Gasteiger charge is -2.42. The molecule has 0 saturated heterocycles. The van der Waals surface area contributed by atoms with Gasteiger partial charge < -0.3 is 9.16 Å². The highest BCUT2D eigenvalue weighted by Gasteiger charge is 2.46. The van der Waals surface area contributed by atoms with E-state index >= 15 is 0 Å². The molecule has 0 saturated carbocycles. The predicted molar refractivity (Wildman–Crippen MR) is 80.2 cm³/mol. The highest BCUT2D eigenvalue weighted by atomic mass is 28.4. The summed E-state index contributed by atoms with van der Waals surface area (Å²) >= 11 is 0. The molecule has 18 heavy (non-hydrogen) atoms. The molecule has 0 aromatic rings. The third kappa shape index (κ3) is 2.99. The minimum Gasteiger partial charge on any atom is -0.498 e. The molecule has 1 atom stereocenters. The van der Waals surface area contributed by atoms with Gasteiger partial charge in [-0.1, -0.05) is 34.6 Å². The van der Waals surface area contributed by atoms with Gasteiger partial charge in [-0.3, -0.25) is 0 Å². The van der Waals surface area contributed by atoms with Crippen LogP contribution in [-0.4, -0.2) is 21.0 Å². The molecule has 0 unspecified atom stereocenters. The monoisotopic (exact) mass is 270 g/mol. The highest BCUT2D eigenvalue weighted by Crippen LogP contribution is 2.45. The van der Waals surface area contributed by atoms with Gasteiger partial charge in [0.1, 0.15) is 5.76 Å². The van der Waals surface area contributed by atoms with E-state index < -0.39 is 8.32 Å². The fraction of sp³-hybridized carbons (Fsp3) is 0.867. The van der Waals surface area contributed by atoms with Gasteiger partial charge in [-0.2, -0.15) is 0 Å². The van der Waals surface area contributed by atoms with Crippen LogP contribution in [0.1, 0.15) is 48.0 Å². The van der Waals surface area contributed by atoms with E-state index in [-0.39, 0.29) is 16.6 Å². The molecule has 0 fully saturated rings. The van der Waals surface area contributed by atoms with Gasteiger partial charge >= 0.3 is 0 Å². The quantitative estimate of drug-likeness (QED) is 0.688. The SMILES string of the molecule is CCOC1=CC[C@H](O[Si](C)(C)C(C)(C)C)C1(C)C. The molecule has 0 heterocycles. The molecule has 1 rings (SSSR count). The molecule has 0 radical (unpaired) electrons. The van der Waals surface area contributed by atoms with Crippen molar-refractivity contribution in [3.8, 4) is 0 Å². The Morgan fingerprint density at radius 1 is 1.33 bits per heavy atom. The summed E-state index contributed by atoms with van der Waals surface area (Å²) in [5, 5.41) is 0.261. The van der Waals surface area contributed by atoms with Gasteiger partial charge in [0.25, 0.3) is 0 Å². The lowest BCUT2D eigenvalue weighted by Crippen LogP contribution is -2.47. The Bertz CT molecular complexity index is 324. The number of rotatable bonds is 4. The molecule has 1 aliphatic carbocycles. The van der Waals surface area contributed by atoms with E-state index in [1.54, 1.807) is 0 Å². The lowest BCUT2D eigenvalue weighted by molar-refractivity contribution is 0.0569. The van der Waals surface area contributed by atoms with Crippen molar-refractivity contribution < 1.29 is 9.16 Å². The average molecular weight is 270 g/mol. The van der Waals surface area contributed by atoms with Crippen LogP contribution in [0.5, 0.6) is 0 Å². The fourth-order valence-corrected chi connectivity index (χ4v) is 3.51. The van der Waals surface area contributed by atoms with Crippen LogP contribution in [0.3, 0.4) is 0 Å². The third-order valence-corrected chi connectivity index (χ3v) is 8.99.